The molecule has 1 saturated heterocycles. The van der Waals surface area contributed by atoms with Gasteiger partial charge in [0.25, 0.3) is 0 Å². The molecule has 2 heterocycles. The zero-order chi connectivity index (χ0) is 12.8. The summed E-state index contributed by atoms with van der Waals surface area (Å²) in [7, 11) is -0.510. The molecule has 92 valence electrons. The van der Waals surface area contributed by atoms with Crippen LogP contribution in [-0.2, 0) is 9.31 Å². The lowest BCUT2D eigenvalue weighted by Gasteiger charge is -2.32. The maximum atomic E-state index is 5.86. The Morgan fingerprint density at radius 1 is 1.24 bits per heavy atom. The highest BCUT2D eigenvalue weighted by Crippen LogP contribution is 2.36. The topological polar surface area (TPSA) is 70.3 Å². The van der Waals surface area contributed by atoms with E-state index in [1.54, 1.807) is 6.20 Å². The third-order valence-electron chi connectivity index (χ3n) is 3.27. The van der Waals surface area contributed by atoms with Gasteiger partial charge in [-0.3, -0.25) is 0 Å². The van der Waals surface area contributed by atoms with Crippen LogP contribution in [0.2, 0.25) is 0 Å². The number of nitrogens with zero attached hydrogens (tertiary/aromatic N) is 2. The number of hydrogen-bond acceptors (Lipinski definition) is 5. The number of nitrogens with two attached hydrogens (primary N) is 1. The zero-order valence-corrected chi connectivity index (χ0v) is 11.9. The minimum Gasteiger partial charge on any atom is -0.398 e. The van der Waals surface area contributed by atoms with Crippen molar-refractivity contribution in [1.29, 1.82) is 0 Å². The number of anilines is 1. The summed E-state index contributed by atoms with van der Waals surface area (Å²) in [5, 5.41) is 0. The summed E-state index contributed by atoms with van der Waals surface area (Å²) in [5.74, 6) is 0.352. The zero-order valence-electron chi connectivity index (χ0n) is 10.3. The minimum absolute atomic E-state index is 0.352. The van der Waals surface area contributed by atoms with E-state index in [0.717, 1.165) is 0 Å². The summed E-state index contributed by atoms with van der Waals surface area (Å²) in [6.07, 6.45) is 1.57. The molecule has 0 saturated carbocycles. The normalized spacial score (nSPS) is 21.8. The van der Waals surface area contributed by atoms with Crippen LogP contribution in [-0.4, -0.2) is 28.3 Å². The largest absolute Gasteiger partial charge is 0.516 e. The van der Waals surface area contributed by atoms with Gasteiger partial charge in [-0.2, -0.15) is 0 Å². The van der Waals surface area contributed by atoms with E-state index in [0.29, 0.717) is 16.0 Å². The van der Waals surface area contributed by atoms with Gasteiger partial charge in [0.15, 0.2) is 5.82 Å². The highest BCUT2D eigenvalue weighted by molar-refractivity contribution is 9.10. The van der Waals surface area contributed by atoms with Crippen molar-refractivity contribution in [2.75, 3.05) is 5.73 Å². The number of rotatable bonds is 1. The molecule has 0 aromatic carbocycles. The maximum Gasteiger partial charge on any atom is 0.516 e. The molecule has 0 amide bonds. The maximum absolute atomic E-state index is 5.86. The van der Waals surface area contributed by atoms with Crippen LogP contribution < -0.4 is 11.3 Å². The molecule has 0 atom stereocenters. The van der Waals surface area contributed by atoms with E-state index in [1.807, 2.05) is 27.7 Å². The molecule has 1 aliphatic heterocycles. The molecule has 1 fully saturated rings. The highest BCUT2D eigenvalue weighted by Gasteiger charge is 2.52. The van der Waals surface area contributed by atoms with Gasteiger partial charge in [0.1, 0.15) is 4.60 Å². The Hall–Kier alpha value is -0.655. The summed E-state index contributed by atoms with van der Waals surface area (Å²) in [6, 6.07) is 0. The Labute approximate surface area is 109 Å². The van der Waals surface area contributed by atoms with Crippen LogP contribution in [0.4, 0.5) is 5.82 Å². The Balaban J connectivity index is 2.29. The number of halogens is 1. The SMILES string of the molecule is CC1(C)OB(c2cnc(N)c(Br)n2)OC1(C)C. The fraction of sp³-hybridized carbons (Fsp3) is 0.600. The molecule has 0 aliphatic carbocycles. The van der Waals surface area contributed by atoms with E-state index in [1.165, 1.54) is 0 Å². The van der Waals surface area contributed by atoms with Crippen LogP contribution in [0.1, 0.15) is 27.7 Å². The molecule has 5 nitrogen and oxygen atoms in total. The highest BCUT2D eigenvalue weighted by atomic mass is 79.9. The van der Waals surface area contributed by atoms with E-state index >= 15 is 0 Å². The predicted molar refractivity (Wildman–Crippen MR) is 69.9 cm³/mol. The van der Waals surface area contributed by atoms with E-state index in [9.17, 15) is 0 Å². The van der Waals surface area contributed by atoms with Crippen molar-refractivity contribution in [2.45, 2.75) is 38.9 Å². The van der Waals surface area contributed by atoms with Crippen molar-refractivity contribution >= 4 is 34.5 Å². The molecule has 1 aromatic heterocycles. The standard InChI is InChI=1S/C10H15BBrN3O2/c1-9(2)10(3,4)17-11(16-9)6-5-14-8(13)7(12)15-6/h5H,1-4H3,(H2,13,14). The van der Waals surface area contributed by atoms with E-state index in [4.69, 9.17) is 15.0 Å². The van der Waals surface area contributed by atoms with Crippen molar-refractivity contribution in [3.05, 3.63) is 10.8 Å². The summed E-state index contributed by atoms with van der Waals surface area (Å²) < 4.78 is 12.2. The molecule has 0 radical (unpaired) electrons. The van der Waals surface area contributed by atoms with Gasteiger partial charge in [-0.1, -0.05) is 0 Å². The second kappa shape index (κ2) is 3.93. The molecule has 2 N–H and O–H groups in total. The van der Waals surface area contributed by atoms with Crippen LogP contribution in [0.15, 0.2) is 10.8 Å². The van der Waals surface area contributed by atoms with Gasteiger partial charge in [0.2, 0.25) is 0 Å². The van der Waals surface area contributed by atoms with Crippen LogP contribution in [0.25, 0.3) is 0 Å². The Morgan fingerprint density at radius 3 is 2.24 bits per heavy atom. The summed E-state index contributed by atoms with van der Waals surface area (Å²) in [6.45, 7) is 7.97. The lowest BCUT2D eigenvalue weighted by atomic mass is 9.85. The van der Waals surface area contributed by atoms with Crippen LogP contribution in [0, 0.1) is 0 Å². The number of aromatic nitrogens is 2. The minimum atomic E-state index is -0.510. The first-order chi connectivity index (χ1) is 7.73. The molecule has 0 spiro atoms. The fourth-order valence-electron chi connectivity index (χ4n) is 1.47. The van der Waals surface area contributed by atoms with Gasteiger partial charge >= 0.3 is 7.12 Å². The van der Waals surface area contributed by atoms with Gasteiger partial charge in [-0.15, -0.1) is 0 Å². The van der Waals surface area contributed by atoms with Crippen molar-refractivity contribution in [3.63, 3.8) is 0 Å². The Morgan fingerprint density at radius 2 is 1.76 bits per heavy atom. The van der Waals surface area contributed by atoms with Crippen molar-refractivity contribution in [1.82, 2.24) is 9.97 Å². The lowest BCUT2D eigenvalue weighted by Crippen LogP contribution is -2.41. The molecular formula is C10H15BBrN3O2. The van der Waals surface area contributed by atoms with Crippen molar-refractivity contribution in [2.24, 2.45) is 0 Å². The Bertz CT molecular complexity index is 437. The van der Waals surface area contributed by atoms with Gasteiger partial charge < -0.3 is 15.0 Å². The first-order valence-electron chi connectivity index (χ1n) is 5.36. The second-order valence-corrected chi connectivity index (χ2v) is 5.81. The molecule has 0 bridgehead atoms. The second-order valence-electron chi connectivity index (χ2n) is 5.06. The Kier molecular flexibility index (Phi) is 2.96. The van der Waals surface area contributed by atoms with Gasteiger partial charge in [-0.05, 0) is 43.6 Å². The quantitative estimate of drug-likeness (QED) is 0.787. The molecule has 7 heteroatoms. The van der Waals surface area contributed by atoms with Crippen molar-refractivity contribution < 1.29 is 9.31 Å². The summed E-state index contributed by atoms with van der Waals surface area (Å²) in [5.41, 5.74) is 5.44. The average molecular weight is 300 g/mol. The molecule has 2 rings (SSSR count). The molecule has 1 aliphatic rings. The molecular weight excluding hydrogens is 285 g/mol. The third kappa shape index (κ3) is 2.19. The van der Waals surface area contributed by atoms with Gasteiger partial charge in [0.05, 0.1) is 16.8 Å². The summed E-state index contributed by atoms with van der Waals surface area (Å²) >= 11 is 3.24. The van der Waals surface area contributed by atoms with Gasteiger partial charge in [0, 0.05) is 6.20 Å². The molecule has 1 aromatic rings. The fourth-order valence-corrected chi connectivity index (χ4v) is 1.77. The van der Waals surface area contributed by atoms with Crippen LogP contribution in [0.3, 0.4) is 0 Å². The summed E-state index contributed by atoms with van der Waals surface area (Å²) in [4.78, 5) is 8.29. The van der Waals surface area contributed by atoms with Crippen molar-refractivity contribution in [3.8, 4) is 0 Å². The van der Waals surface area contributed by atoms with Gasteiger partial charge in [-0.25, -0.2) is 9.97 Å². The molecule has 17 heavy (non-hydrogen) atoms. The van der Waals surface area contributed by atoms with E-state index in [2.05, 4.69) is 25.9 Å². The monoisotopic (exact) mass is 299 g/mol. The van der Waals surface area contributed by atoms with Crippen LogP contribution in [0.5, 0.6) is 0 Å². The lowest BCUT2D eigenvalue weighted by molar-refractivity contribution is 0.00578. The predicted octanol–water partition coefficient (Wildman–Crippen LogP) is 1.12. The molecule has 0 unspecified atom stereocenters. The van der Waals surface area contributed by atoms with E-state index in [-0.39, 0.29) is 11.2 Å². The smallest absolute Gasteiger partial charge is 0.398 e. The first-order valence-corrected chi connectivity index (χ1v) is 6.16. The number of hydrogen-bond donors (Lipinski definition) is 1. The van der Waals surface area contributed by atoms with E-state index < -0.39 is 7.12 Å². The number of nitrogen functional groups attached to an aromatic ring is 1. The van der Waals surface area contributed by atoms with Crippen LogP contribution >= 0.6 is 15.9 Å². The first kappa shape index (κ1) is 12.8. The third-order valence-corrected chi connectivity index (χ3v) is 3.85. The average Bonchev–Trinajstić information content (AvgIpc) is 2.41.